The molecule has 13 heteroatoms. The maximum Gasteiger partial charge on any atom is 0.270 e. The standard InChI is InChI=1S/C30H37N9O4/c1-18(40)31-16-27(42)38-21-8-9-23(38)17-37(26(41)13-21)22-10-11-25(32-15-22)34-30-33-14-19-12-24(29(43)36(2)3)39(28(19)35-30)20-6-4-5-7-20/h10-12,14-15,20-21,23H,4-9,13,16-17H2,1-3H3,(H,31,40)(H,32,33,34,35)/t21-,23+/m1/s1. The van der Waals surface area contributed by atoms with E-state index in [0.717, 1.165) is 43.9 Å². The molecule has 0 spiro atoms. The van der Waals surface area contributed by atoms with E-state index in [-0.39, 0.29) is 54.7 Å². The van der Waals surface area contributed by atoms with Crippen LogP contribution in [0, 0.1) is 0 Å². The lowest BCUT2D eigenvalue weighted by Gasteiger charge is -2.29. The molecule has 2 bridgehead atoms. The number of carbonyl (C=O) groups excluding carboxylic acids is 4. The van der Waals surface area contributed by atoms with Crippen molar-refractivity contribution in [2.24, 2.45) is 0 Å². The van der Waals surface area contributed by atoms with Gasteiger partial charge in [0, 0.05) is 57.7 Å². The number of rotatable bonds is 7. The summed E-state index contributed by atoms with van der Waals surface area (Å²) in [6.45, 7) is 1.69. The molecule has 6 rings (SSSR count). The summed E-state index contributed by atoms with van der Waals surface area (Å²) in [6, 6.07) is 5.40. The second kappa shape index (κ2) is 11.6. The van der Waals surface area contributed by atoms with E-state index in [2.05, 4.69) is 25.2 Å². The molecule has 0 aromatic carbocycles. The topological polar surface area (TPSA) is 146 Å². The predicted octanol–water partition coefficient (Wildman–Crippen LogP) is 2.62. The summed E-state index contributed by atoms with van der Waals surface area (Å²) in [5, 5.41) is 6.55. The summed E-state index contributed by atoms with van der Waals surface area (Å²) < 4.78 is 2.07. The molecule has 2 atom stereocenters. The summed E-state index contributed by atoms with van der Waals surface area (Å²) in [5.74, 6) is 0.340. The third-order valence-electron chi connectivity index (χ3n) is 8.69. The zero-order chi connectivity index (χ0) is 30.2. The van der Waals surface area contributed by atoms with Crippen molar-refractivity contribution in [3.63, 3.8) is 0 Å². The van der Waals surface area contributed by atoms with Gasteiger partial charge in [0.25, 0.3) is 5.91 Å². The van der Waals surface area contributed by atoms with Gasteiger partial charge >= 0.3 is 0 Å². The molecule has 13 nitrogen and oxygen atoms in total. The van der Waals surface area contributed by atoms with Crippen LogP contribution in [-0.4, -0.2) is 92.2 Å². The molecule has 2 N–H and O–H groups in total. The summed E-state index contributed by atoms with van der Waals surface area (Å²) in [7, 11) is 3.50. The van der Waals surface area contributed by atoms with Gasteiger partial charge in [0.1, 0.15) is 17.2 Å². The Morgan fingerprint density at radius 1 is 1.00 bits per heavy atom. The molecule has 3 aromatic rings. The van der Waals surface area contributed by atoms with Gasteiger partial charge in [0.05, 0.1) is 24.5 Å². The number of hydrogen-bond acceptors (Lipinski definition) is 8. The predicted molar refractivity (Wildman–Crippen MR) is 160 cm³/mol. The van der Waals surface area contributed by atoms with Crippen molar-refractivity contribution < 1.29 is 19.2 Å². The Morgan fingerprint density at radius 2 is 1.77 bits per heavy atom. The lowest BCUT2D eigenvalue weighted by molar-refractivity contribution is -0.134. The molecule has 4 amide bonds. The highest BCUT2D eigenvalue weighted by atomic mass is 16.2. The molecular formula is C30H37N9O4. The minimum Gasteiger partial charge on any atom is -0.347 e. The van der Waals surface area contributed by atoms with E-state index in [1.165, 1.54) is 6.92 Å². The average Bonchev–Trinajstić information content (AvgIpc) is 3.71. The zero-order valence-electron chi connectivity index (χ0n) is 24.7. The third-order valence-corrected chi connectivity index (χ3v) is 8.69. The molecule has 1 saturated carbocycles. The number of anilines is 3. The number of nitrogens with one attached hydrogen (secondary N) is 2. The molecule has 0 unspecified atom stereocenters. The van der Waals surface area contributed by atoms with Crippen molar-refractivity contribution >= 4 is 52.1 Å². The number of aromatic nitrogens is 4. The van der Waals surface area contributed by atoms with Crippen LogP contribution < -0.4 is 15.5 Å². The maximum absolute atomic E-state index is 13.2. The summed E-state index contributed by atoms with van der Waals surface area (Å²) in [6.07, 6.45) is 9.42. The van der Waals surface area contributed by atoms with Crippen LogP contribution in [0.15, 0.2) is 30.6 Å². The van der Waals surface area contributed by atoms with E-state index in [4.69, 9.17) is 4.98 Å². The van der Waals surface area contributed by atoms with Crippen LogP contribution in [0.3, 0.4) is 0 Å². The Balaban J connectivity index is 1.20. The molecule has 43 heavy (non-hydrogen) atoms. The Bertz CT molecular complexity index is 1560. The molecular weight excluding hydrogens is 550 g/mol. The second-order valence-electron chi connectivity index (χ2n) is 11.8. The third kappa shape index (κ3) is 5.63. The highest BCUT2D eigenvalue weighted by molar-refractivity contribution is 5.98. The molecule has 2 saturated heterocycles. The molecule has 3 fully saturated rings. The highest BCUT2D eigenvalue weighted by Crippen LogP contribution is 2.35. The van der Waals surface area contributed by atoms with Gasteiger partial charge in [-0.1, -0.05) is 12.8 Å². The first-order valence-electron chi connectivity index (χ1n) is 14.9. The van der Waals surface area contributed by atoms with Crippen LogP contribution in [0.25, 0.3) is 11.0 Å². The smallest absolute Gasteiger partial charge is 0.270 e. The molecule has 3 aromatic heterocycles. The van der Waals surface area contributed by atoms with E-state index in [1.54, 1.807) is 47.3 Å². The second-order valence-corrected chi connectivity index (χ2v) is 11.8. The van der Waals surface area contributed by atoms with Gasteiger partial charge in [0.15, 0.2) is 0 Å². The number of hydrogen-bond donors (Lipinski definition) is 2. The van der Waals surface area contributed by atoms with Crippen LogP contribution in [0.5, 0.6) is 0 Å². The fourth-order valence-corrected chi connectivity index (χ4v) is 6.64. The monoisotopic (exact) mass is 587 g/mol. The van der Waals surface area contributed by atoms with Gasteiger partial charge in [-0.05, 0) is 43.9 Å². The van der Waals surface area contributed by atoms with Gasteiger partial charge in [-0.15, -0.1) is 0 Å². The van der Waals surface area contributed by atoms with Crippen LogP contribution in [0.2, 0.25) is 0 Å². The summed E-state index contributed by atoms with van der Waals surface area (Å²) >= 11 is 0. The zero-order valence-corrected chi connectivity index (χ0v) is 24.7. The molecule has 5 heterocycles. The molecule has 226 valence electrons. The quantitative estimate of drug-likeness (QED) is 0.429. The minimum atomic E-state index is -0.259. The van der Waals surface area contributed by atoms with Gasteiger partial charge < -0.3 is 29.9 Å². The average molecular weight is 588 g/mol. The van der Waals surface area contributed by atoms with Gasteiger partial charge in [-0.25, -0.2) is 9.97 Å². The lowest BCUT2D eigenvalue weighted by atomic mass is 10.1. The normalized spacial score (nSPS) is 20.4. The summed E-state index contributed by atoms with van der Waals surface area (Å²) in [5.41, 5.74) is 1.98. The fraction of sp³-hybridized carbons (Fsp3) is 0.500. The van der Waals surface area contributed by atoms with Crippen molar-refractivity contribution in [1.29, 1.82) is 0 Å². The van der Waals surface area contributed by atoms with Gasteiger partial charge in [-0.3, -0.25) is 19.2 Å². The first-order valence-corrected chi connectivity index (χ1v) is 14.9. The van der Waals surface area contributed by atoms with Crippen LogP contribution in [0.1, 0.15) is 68.4 Å². The number of carbonyl (C=O) groups is 4. The van der Waals surface area contributed by atoms with Crippen molar-refractivity contribution in [2.45, 2.75) is 70.0 Å². The lowest BCUT2D eigenvalue weighted by Crippen LogP contribution is -2.47. The van der Waals surface area contributed by atoms with Crippen molar-refractivity contribution in [2.75, 3.05) is 37.4 Å². The molecule has 0 radical (unpaired) electrons. The van der Waals surface area contributed by atoms with Crippen LogP contribution in [-0.2, 0) is 14.4 Å². The van der Waals surface area contributed by atoms with E-state index < -0.39 is 0 Å². The van der Waals surface area contributed by atoms with Gasteiger partial charge in [0.2, 0.25) is 23.7 Å². The first kappa shape index (κ1) is 28.6. The minimum absolute atomic E-state index is 0.0587. The highest BCUT2D eigenvalue weighted by Gasteiger charge is 2.43. The number of pyridine rings is 1. The largest absolute Gasteiger partial charge is 0.347 e. The van der Waals surface area contributed by atoms with E-state index in [9.17, 15) is 19.2 Å². The Hall–Kier alpha value is -4.55. The SMILES string of the molecule is CC(=O)NCC(=O)N1[C@@H]2CC[C@H]1CN(c1ccc(Nc3ncc4cc(C(=O)N(C)C)n(C5CCCC5)c4n3)nc1)C(=O)C2. The Kier molecular flexibility index (Phi) is 7.72. The Morgan fingerprint density at radius 3 is 2.47 bits per heavy atom. The molecule has 2 aliphatic heterocycles. The van der Waals surface area contributed by atoms with Crippen molar-refractivity contribution in [1.82, 2.24) is 34.6 Å². The fourth-order valence-electron chi connectivity index (χ4n) is 6.64. The van der Waals surface area contributed by atoms with Crippen LogP contribution in [0.4, 0.5) is 17.5 Å². The summed E-state index contributed by atoms with van der Waals surface area (Å²) in [4.78, 5) is 69.2. The van der Waals surface area contributed by atoms with E-state index in [1.807, 2.05) is 12.1 Å². The first-order chi connectivity index (χ1) is 20.7. The number of nitrogens with zero attached hydrogens (tertiary/aromatic N) is 7. The van der Waals surface area contributed by atoms with Crippen molar-refractivity contribution in [3.8, 4) is 0 Å². The molecule has 1 aliphatic carbocycles. The maximum atomic E-state index is 13.2. The van der Waals surface area contributed by atoms with E-state index >= 15 is 0 Å². The Labute approximate surface area is 249 Å². The van der Waals surface area contributed by atoms with Gasteiger partial charge in [-0.2, -0.15) is 4.98 Å². The number of amides is 4. The molecule has 3 aliphatic rings. The number of fused-ring (bicyclic) bond motifs is 3. The van der Waals surface area contributed by atoms with E-state index in [0.29, 0.717) is 35.3 Å². The van der Waals surface area contributed by atoms with Crippen molar-refractivity contribution in [3.05, 3.63) is 36.3 Å². The van der Waals surface area contributed by atoms with Crippen LogP contribution >= 0.6 is 0 Å².